The van der Waals surface area contributed by atoms with E-state index in [1.165, 1.54) is 0 Å². The van der Waals surface area contributed by atoms with Crippen molar-refractivity contribution in [2.75, 3.05) is 6.61 Å². The van der Waals surface area contributed by atoms with E-state index in [-0.39, 0.29) is 6.61 Å². The van der Waals surface area contributed by atoms with Crippen LogP contribution in [0.3, 0.4) is 0 Å². The molecule has 0 fully saturated rings. The number of rotatable bonds is 2. The van der Waals surface area contributed by atoms with Crippen LogP contribution in [0.2, 0.25) is 0 Å². The highest BCUT2D eigenvalue weighted by Gasteiger charge is 1.84. The van der Waals surface area contributed by atoms with E-state index in [1.807, 2.05) is 5.92 Å². The molecular weight excluding hydrogens is 116 g/mol. The molecule has 1 N–H and O–H groups in total. The Hall–Kier alpha value is -0.370. The maximum absolute atomic E-state index is 9.55. The van der Waals surface area contributed by atoms with Crippen LogP contribution in [0.1, 0.15) is 0 Å². The molecule has 0 saturated heterocycles. The summed E-state index contributed by atoms with van der Waals surface area (Å²) < 4.78 is 21.4. The highest BCUT2D eigenvalue weighted by atomic mass is 32.2. The summed E-state index contributed by atoms with van der Waals surface area (Å²) in [6.45, 7) is -0.122. The second-order valence-corrected chi connectivity index (χ2v) is 1.35. The van der Waals surface area contributed by atoms with Crippen LogP contribution >= 0.6 is 0 Å². The lowest BCUT2D eigenvalue weighted by atomic mass is 10.8. The largest absolute Gasteiger partial charge is 0.302 e. The van der Waals surface area contributed by atoms with Crippen LogP contribution in [0.15, 0.2) is 0 Å². The van der Waals surface area contributed by atoms with Gasteiger partial charge in [-0.25, -0.2) is 0 Å². The fraction of sp³-hybridized carbons (Fsp3) is 0.333. The van der Waals surface area contributed by atoms with Crippen molar-refractivity contribution in [3.8, 4) is 12.3 Å². The highest BCUT2D eigenvalue weighted by Crippen LogP contribution is 1.73. The molecule has 4 heteroatoms. The zero-order valence-corrected chi connectivity index (χ0v) is 4.27. The molecule has 0 radical (unpaired) electrons. The van der Waals surface area contributed by atoms with Gasteiger partial charge in [0.25, 0.3) is 0 Å². The summed E-state index contributed by atoms with van der Waals surface area (Å²) in [5, 5.41) is 0. The minimum absolute atomic E-state index is 0.122. The molecule has 0 heterocycles. The fourth-order valence-electron chi connectivity index (χ4n) is 0.0844. The van der Waals surface area contributed by atoms with Crippen molar-refractivity contribution in [2.45, 2.75) is 0 Å². The standard InChI is InChI=1S/C3H4O3S/c1-2-3-6-7(4)5/h1H,3H2,(H,4,5). The predicted octanol–water partition coefficient (Wildman–Crippen LogP) is -0.227. The Morgan fingerprint density at radius 2 is 2.57 bits per heavy atom. The molecule has 0 spiro atoms. The third-order valence-corrected chi connectivity index (χ3v) is 0.563. The van der Waals surface area contributed by atoms with Gasteiger partial charge in [-0.15, -0.1) is 6.42 Å². The first-order valence-corrected chi connectivity index (χ1v) is 2.48. The second kappa shape index (κ2) is 3.81. The summed E-state index contributed by atoms with van der Waals surface area (Å²) in [6, 6.07) is 0. The third-order valence-electron chi connectivity index (χ3n) is 0.243. The Labute approximate surface area is 44.2 Å². The van der Waals surface area contributed by atoms with Gasteiger partial charge in [0.05, 0.1) is 0 Å². The number of hydrogen-bond donors (Lipinski definition) is 1. The Balaban J connectivity index is 3.02. The quantitative estimate of drug-likeness (QED) is 0.404. The molecule has 1 atom stereocenters. The molecule has 0 bridgehead atoms. The minimum Gasteiger partial charge on any atom is -0.284 e. The van der Waals surface area contributed by atoms with Crippen molar-refractivity contribution >= 4 is 11.4 Å². The molecule has 0 aromatic carbocycles. The van der Waals surface area contributed by atoms with Crippen molar-refractivity contribution in [3.05, 3.63) is 0 Å². The molecule has 1 unspecified atom stereocenters. The van der Waals surface area contributed by atoms with Gasteiger partial charge in [0.1, 0.15) is 6.61 Å². The van der Waals surface area contributed by atoms with Crippen molar-refractivity contribution in [2.24, 2.45) is 0 Å². The lowest BCUT2D eigenvalue weighted by molar-refractivity contribution is 0.348. The Morgan fingerprint density at radius 1 is 2.00 bits per heavy atom. The maximum atomic E-state index is 9.55. The van der Waals surface area contributed by atoms with Crippen LogP contribution in [0.5, 0.6) is 0 Å². The van der Waals surface area contributed by atoms with Crippen LogP contribution in [0.4, 0.5) is 0 Å². The van der Waals surface area contributed by atoms with E-state index < -0.39 is 11.4 Å². The van der Waals surface area contributed by atoms with E-state index in [2.05, 4.69) is 10.6 Å². The number of terminal acetylenes is 1. The van der Waals surface area contributed by atoms with Gasteiger partial charge in [0.15, 0.2) is 0 Å². The van der Waals surface area contributed by atoms with Crippen LogP contribution in [-0.4, -0.2) is 15.4 Å². The third kappa shape index (κ3) is 5.63. The number of hydrogen-bond acceptors (Lipinski definition) is 2. The average Bonchev–Trinajstić information content (AvgIpc) is 1.61. The summed E-state index contributed by atoms with van der Waals surface area (Å²) in [5.41, 5.74) is 0. The molecule has 0 saturated carbocycles. The maximum Gasteiger partial charge on any atom is 0.302 e. The van der Waals surface area contributed by atoms with E-state index in [0.717, 1.165) is 0 Å². The zero-order valence-electron chi connectivity index (χ0n) is 3.46. The van der Waals surface area contributed by atoms with Gasteiger partial charge in [0.2, 0.25) is 0 Å². The summed E-state index contributed by atoms with van der Waals surface area (Å²) in [6.07, 6.45) is 4.66. The smallest absolute Gasteiger partial charge is 0.284 e. The van der Waals surface area contributed by atoms with E-state index >= 15 is 0 Å². The first-order chi connectivity index (χ1) is 3.27. The monoisotopic (exact) mass is 120 g/mol. The second-order valence-electron chi connectivity index (χ2n) is 0.683. The van der Waals surface area contributed by atoms with Gasteiger partial charge in [-0.2, -0.15) is 4.21 Å². The average molecular weight is 120 g/mol. The molecule has 0 aliphatic rings. The lowest BCUT2D eigenvalue weighted by Gasteiger charge is -1.84. The van der Waals surface area contributed by atoms with Gasteiger partial charge in [-0.1, -0.05) is 5.92 Å². The van der Waals surface area contributed by atoms with Gasteiger partial charge in [-0.3, -0.25) is 8.74 Å². The van der Waals surface area contributed by atoms with Crippen molar-refractivity contribution < 1.29 is 12.9 Å². The fourth-order valence-corrected chi connectivity index (χ4v) is 0.253. The van der Waals surface area contributed by atoms with Crippen LogP contribution in [-0.2, 0) is 15.5 Å². The first kappa shape index (κ1) is 6.63. The van der Waals surface area contributed by atoms with E-state index in [1.54, 1.807) is 0 Å². The van der Waals surface area contributed by atoms with Gasteiger partial charge in [0, 0.05) is 0 Å². The topological polar surface area (TPSA) is 46.5 Å². The molecular formula is C3H4O3S. The predicted molar refractivity (Wildman–Crippen MR) is 25.6 cm³/mol. The molecule has 0 rings (SSSR count). The van der Waals surface area contributed by atoms with Crippen LogP contribution < -0.4 is 0 Å². The van der Waals surface area contributed by atoms with E-state index in [9.17, 15) is 4.21 Å². The van der Waals surface area contributed by atoms with Crippen molar-refractivity contribution in [3.63, 3.8) is 0 Å². The molecule has 0 aliphatic carbocycles. The lowest BCUT2D eigenvalue weighted by Crippen LogP contribution is -1.93. The summed E-state index contributed by atoms with van der Waals surface area (Å²) in [7, 11) is 0. The molecule has 0 aromatic heterocycles. The van der Waals surface area contributed by atoms with Crippen molar-refractivity contribution in [1.82, 2.24) is 0 Å². The highest BCUT2D eigenvalue weighted by molar-refractivity contribution is 7.74. The van der Waals surface area contributed by atoms with Gasteiger partial charge < -0.3 is 0 Å². The Morgan fingerprint density at radius 3 is 2.71 bits per heavy atom. The van der Waals surface area contributed by atoms with Gasteiger partial charge in [-0.05, 0) is 0 Å². The normalized spacial score (nSPS) is 12.6. The molecule has 0 amide bonds. The molecule has 3 nitrogen and oxygen atoms in total. The van der Waals surface area contributed by atoms with Crippen LogP contribution in [0, 0.1) is 12.3 Å². The summed E-state index contributed by atoms with van der Waals surface area (Å²) >= 11 is -2.21. The first-order valence-electron chi connectivity index (χ1n) is 1.45. The SMILES string of the molecule is C#CCOS(=O)O. The zero-order chi connectivity index (χ0) is 5.70. The summed E-state index contributed by atoms with van der Waals surface area (Å²) in [5.74, 6) is 2.02. The summed E-state index contributed by atoms with van der Waals surface area (Å²) in [4.78, 5) is 0. The molecule has 0 aromatic rings. The van der Waals surface area contributed by atoms with E-state index in [4.69, 9.17) is 4.55 Å². The molecule has 0 aliphatic heterocycles. The minimum atomic E-state index is -2.21. The van der Waals surface area contributed by atoms with Crippen molar-refractivity contribution in [1.29, 1.82) is 0 Å². The van der Waals surface area contributed by atoms with Gasteiger partial charge >= 0.3 is 11.4 Å². The Bertz CT molecular complexity index is 103. The molecule has 40 valence electrons. The van der Waals surface area contributed by atoms with Crippen LogP contribution in [0.25, 0.3) is 0 Å². The van der Waals surface area contributed by atoms with E-state index in [0.29, 0.717) is 0 Å². The Kier molecular flexibility index (Phi) is 3.61. The molecule has 7 heavy (non-hydrogen) atoms.